The first-order chi connectivity index (χ1) is 8.69. The fourth-order valence-corrected chi connectivity index (χ4v) is 3.05. The van der Waals surface area contributed by atoms with E-state index in [0.717, 1.165) is 17.4 Å². The molecule has 2 nitrogen and oxygen atoms in total. The Morgan fingerprint density at radius 1 is 1.39 bits per heavy atom. The number of benzene rings is 1. The van der Waals surface area contributed by atoms with E-state index >= 15 is 0 Å². The van der Waals surface area contributed by atoms with Crippen molar-refractivity contribution in [1.29, 1.82) is 0 Å². The highest BCUT2D eigenvalue weighted by Crippen LogP contribution is 2.20. The summed E-state index contributed by atoms with van der Waals surface area (Å²) in [6.45, 7) is 5.57. The van der Waals surface area contributed by atoms with Crippen LogP contribution in [-0.4, -0.2) is 30.6 Å². The molecule has 1 aliphatic heterocycles. The minimum absolute atomic E-state index is 0.612. The molecular weight excluding hydrogens is 288 g/mol. The van der Waals surface area contributed by atoms with E-state index in [0.29, 0.717) is 12.0 Å². The van der Waals surface area contributed by atoms with Crippen molar-refractivity contribution in [3.8, 4) is 0 Å². The Bertz CT molecular complexity index is 363. The molecule has 3 heteroatoms. The largest absolute Gasteiger partial charge is 0.330 e. The average Bonchev–Trinajstić information content (AvgIpc) is 2.41. The van der Waals surface area contributed by atoms with E-state index < -0.39 is 0 Å². The van der Waals surface area contributed by atoms with Crippen LogP contribution in [0.2, 0.25) is 0 Å². The predicted molar refractivity (Wildman–Crippen MR) is 80.7 cm³/mol. The molecule has 1 heterocycles. The van der Waals surface area contributed by atoms with Gasteiger partial charge in [0.25, 0.3) is 0 Å². The van der Waals surface area contributed by atoms with Crippen molar-refractivity contribution >= 4 is 15.9 Å². The average molecular weight is 311 g/mol. The van der Waals surface area contributed by atoms with Gasteiger partial charge in [-0.2, -0.15) is 0 Å². The Hall–Kier alpha value is -0.380. The second-order valence-electron chi connectivity index (χ2n) is 5.42. The lowest BCUT2D eigenvalue weighted by atomic mass is 9.95. The van der Waals surface area contributed by atoms with Crippen molar-refractivity contribution in [1.82, 2.24) is 4.90 Å². The van der Waals surface area contributed by atoms with Crippen molar-refractivity contribution in [2.75, 3.05) is 19.6 Å². The second-order valence-corrected chi connectivity index (χ2v) is 6.33. The molecule has 0 spiro atoms. The van der Waals surface area contributed by atoms with E-state index in [1.807, 2.05) is 0 Å². The Kier molecular flexibility index (Phi) is 5.22. The number of hydrogen-bond acceptors (Lipinski definition) is 2. The van der Waals surface area contributed by atoms with Gasteiger partial charge < -0.3 is 10.6 Å². The summed E-state index contributed by atoms with van der Waals surface area (Å²) in [5.41, 5.74) is 7.22. The number of likely N-dealkylation sites (tertiary alicyclic amines) is 1. The standard InChI is InChI=1S/C15H23BrN2/c1-12(9-13-4-6-15(16)7-5-13)18-8-2-3-14(10-17)11-18/h4-7,12,14H,2-3,8-11,17H2,1H3. The number of piperidine rings is 1. The first-order valence-electron chi connectivity index (χ1n) is 6.87. The van der Waals surface area contributed by atoms with Gasteiger partial charge in [-0.15, -0.1) is 0 Å². The smallest absolute Gasteiger partial charge is 0.0175 e. The Balaban J connectivity index is 1.90. The first-order valence-corrected chi connectivity index (χ1v) is 7.67. The Morgan fingerprint density at radius 3 is 2.78 bits per heavy atom. The van der Waals surface area contributed by atoms with E-state index in [2.05, 4.69) is 52.0 Å². The number of nitrogens with zero attached hydrogens (tertiary/aromatic N) is 1. The molecule has 0 bridgehead atoms. The monoisotopic (exact) mass is 310 g/mol. The summed E-state index contributed by atoms with van der Waals surface area (Å²) in [4.78, 5) is 2.60. The highest BCUT2D eigenvalue weighted by atomic mass is 79.9. The zero-order valence-electron chi connectivity index (χ0n) is 11.1. The molecule has 2 rings (SSSR count). The van der Waals surface area contributed by atoms with Crippen molar-refractivity contribution in [2.24, 2.45) is 11.7 Å². The lowest BCUT2D eigenvalue weighted by molar-refractivity contribution is 0.134. The Morgan fingerprint density at radius 2 is 2.11 bits per heavy atom. The number of halogens is 1. The van der Waals surface area contributed by atoms with E-state index in [-0.39, 0.29) is 0 Å². The summed E-state index contributed by atoms with van der Waals surface area (Å²) in [6.07, 6.45) is 3.73. The van der Waals surface area contributed by atoms with Crippen molar-refractivity contribution in [3.05, 3.63) is 34.3 Å². The van der Waals surface area contributed by atoms with Crippen molar-refractivity contribution in [2.45, 2.75) is 32.2 Å². The van der Waals surface area contributed by atoms with Gasteiger partial charge >= 0.3 is 0 Å². The molecule has 2 N–H and O–H groups in total. The summed E-state index contributed by atoms with van der Waals surface area (Å²) >= 11 is 3.48. The van der Waals surface area contributed by atoms with Crippen LogP contribution < -0.4 is 5.73 Å². The van der Waals surface area contributed by atoms with E-state index in [4.69, 9.17) is 5.73 Å². The zero-order valence-corrected chi connectivity index (χ0v) is 12.7. The molecule has 1 saturated heterocycles. The third-order valence-corrected chi connectivity index (χ3v) is 4.48. The molecule has 1 aromatic carbocycles. The van der Waals surface area contributed by atoms with Gasteiger partial charge in [-0.3, -0.25) is 0 Å². The molecule has 2 unspecified atom stereocenters. The zero-order chi connectivity index (χ0) is 13.0. The van der Waals surface area contributed by atoms with Crippen LogP contribution in [0.5, 0.6) is 0 Å². The molecule has 100 valence electrons. The van der Waals surface area contributed by atoms with Gasteiger partial charge in [0.1, 0.15) is 0 Å². The van der Waals surface area contributed by atoms with Gasteiger partial charge in [-0.05, 0) is 62.9 Å². The maximum atomic E-state index is 5.80. The summed E-state index contributed by atoms with van der Waals surface area (Å²) in [5, 5.41) is 0. The van der Waals surface area contributed by atoms with Crippen LogP contribution >= 0.6 is 15.9 Å². The number of hydrogen-bond donors (Lipinski definition) is 1. The highest BCUT2D eigenvalue weighted by molar-refractivity contribution is 9.10. The van der Waals surface area contributed by atoms with E-state index in [9.17, 15) is 0 Å². The third-order valence-electron chi connectivity index (χ3n) is 3.95. The van der Waals surface area contributed by atoms with Crippen LogP contribution in [0.3, 0.4) is 0 Å². The molecule has 18 heavy (non-hydrogen) atoms. The summed E-state index contributed by atoms with van der Waals surface area (Å²) in [5.74, 6) is 0.700. The molecule has 1 aliphatic rings. The molecule has 2 atom stereocenters. The summed E-state index contributed by atoms with van der Waals surface area (Å²) < 4.78 is 1.15. The third kappa shape index (κ3) is 3.81. The molecule has 1 fully saturated rings. The predicted octanol–water partition coefficient (Wildman–Crippen LogP) is 3.05. The Labute approximate surface area is 119 Å². The molecule has 0 amide bonds. The minimum atomic E-state index is 0.612. The van der Waals surface area contributed by atoms with Gasteiger partial charge in [-0.25, -0.2) is 0 Å². The van der Waals surface area contributed by atoms with Gasteiger partial charge in [0.15, 0.2) is 0 Å². The fourth-order valence-electron chi connectivity index (χ4n) is 2.78. The molecule has 0 aliphatic carbocycles. The maximum Gasteiger partial charge on any atom is 0.0175 e. The molecular formula is C15H23BrN2. The molecule has 0 saturated carbocycles. The van der Waals surface area contributed by atoms with Crippen LogP contribution in [0.15, 0.2) is 28.7 Å². The van der Waals surface area contributed by atoms with Crippen LogP contribution in [0.4, 0.5) is 0 Å². The van der Waals surface area contributed by atoms with Crippen molar-refractivity contribution < 1.29 is 0 Å². The quantitative estimate of drug-likeness (QED) is 0.926. The second kappa shape index (κ2) is 6.69. The lowest BCUT2D eigenvalue weighted by Gasteiger charge is -2.36. The van der Waals surface area contributed by atoms with Gasteiger partial charge in [0, 0.05) is 17.1 Å². The first kappa shape index (κ1) is 14.0. The van der Waals surface area contributed by atoms with E-state index in [1.54, 1.807) is 0 Å². The van der Waals surface area contributed by atoms with E-state index in [1.165, 1.54) is 31.5 Å². The molecule has 1 aromatic rings. The maximum absolute atomic E-state index is 5.80. The fraction of sp³-hybridized carbons (Fsp3) is 0.600. The van der Waals surface area contributed by atoms with Gasteiger partial charge in [-0.1, -0.05) is 28.1 Å². The molecule has 0 aromatic heterocycles. The normalized spacial score (nSPS) is 22.9. The lowest BCUT2D eigenvalue weighted by Crippen LogP contribution is -2.44. The number of rotatable bonds is 4. The summed E-state index contributed by atoms with van der Waals surface area (Å²) in [6, 6.07) is 9.29. The van der Waals surface area contributed by atoms with Crippen LogP contribution in [0, 0.1) is 5.92 Å². The topological polar surface area (TPSA) is 29.3 Å². The van der Waals surface area contributed by atoms with Crippen LogP contribution in [0.25, 0.3) is 0 Å². The SMILES string of the molecule is CC(Cc1ccc(Br)cc1)N1CCCC(CN)C1. The van der Waals surface area contributed by atoms with Crippen molar-refractivity contribution in [3.63, 3.8) is 0 Å². The summed E-state index contributed by atoms with van der Waals surface area (Å²) in [7, 11) is 0. The van der Waals surface area contributed by atoms with Crippen LogP contribution in [-0.2, 0) is 6.42 Å². The minimum Gasteiger partial charge on any atom is -0.330 e. The highest BCUT2D eigenvalue weighted by Gasteiger charge is 2.22. The van der Waals surface area contributed by atoms with Gasteiger partial charge in [0.05, 0.1) is 0 Å². The molecule has 0 radical (unpaired) electrons. The van der Waals surface area contributed by atoms with Crippen LogP contribution in [0.1, 0.15) is 25.3 Å². The van der Waals surface area contributed by atoms with Gasteiger partial charge in [0.2, 0.25) is 0 Å². The number of nitrogens with two attached hydrogens (primary N) is 1.